The van der Waals surface area contributed by atoms with Crippen LogP contribution in [-0.4, -0.2) is 45.5 Å². The van der Waals surface area contributed by atoms with Crippen LogP contribution >= 0.6 is 0 Å². The molecule has 6 nitrogen and oxygen atoms in total. The van der Waals surface area contributed by atoms with Gasteiger partial charge in [0.1, 0.15) is 0 Å². The Morgan fingerprint density at radius 2 is 1.78 bits per heavy atom. The van der Waals surface area contributed by atoms with E-state index >= 15 is 0 Å². The summed E-state index contributed by atoms with van der Waals surface area (Å²) in [5.74, 6) is 2.21. The molecular weight excluding hydrogens is 290 g/mol. The van der Waals surface area contributed by atoms with E-state index in [1.165, 1.54) is 18.4 Å². The molecule has 120 valence electrons. The van der Waals surface area contributed by atoms with Crippen LogP contribution in [0.25, 0.3) is 0 Å². The van der Waals surface area contributed by atoms with Crippen molar-refractivity contribution in [2.24, 2.45) is 11.8 Å². The SMILES string of the molecule is C[C@H](c1ccccc1)n1nnnc1N1C[C@@H]2[C@H](C1)[C@H]1CC[C@@H]2O1. The number of hydrogen-bond acceptors (Lipinski definition) is 5. The number of benzene rings is 1. The number of aromatic nitrogens is 4. The zero-order valence-electron chi connectivity index (χ0n) is 13.2. The highest BCUT2D eigenvalue weighted by Crippen LogP contribution is 2.47. The van der Waals surface area contributed by atoms with Gasteiger partial charge >= 0.3 is 0 Å². The summed E-state index contributed by atoms with van der Waals surface area (Å²) in [4.78, 5) is 2.36. The van der Waals surface area contributed by atoms with E-state index in [1.54, 1.807) is 0 Å². The van der Waals surface area contributed by atoms with Crippen molar-refractivity contribution in [3.8, 4) is 0 Å². The van der Waals surface area contributed by atoms with Crippen LogP contribution in [0, 0.1) is 11.8 Å². The Balaban J connectivity index is 1.42. The molecule has 0 saturated carbocycles. The standard InChI is InChI=1S/C17H21N5O/c1-11(12-5-3-2-4-6-12)22-17(18-19-20-22)21-9-13-14(10-21)16-8-7-15(13)23-16/h2-6,11,13-16H,7-10H2,1H3/t11-,13-,14+,15+,16-/m1/s1. The Morgan fingerprint density at radius 3 is 2.48 bits per heavy atom. The number of ether oxygens (including phenoxy) is 1. The minimum Gasteiger partial charge on any atom is -0.374 e. The smallest absolute Gasteiger partial charge is 0.246 e. The summed E-state index contributed by atoms with van der Waals surface area (Å²) in [6, 6.07) is 10.5. The number of nitrogens with zero attached hydrogens (tertiary/aromatic N) is 5. The lowest BCUT2D eigenvalue weighted by atomic mass is 9.82. The van der Waals surface area contributed by atoms with Gasteiger partial charge in [-0.2, -0.15) is 0 Å². The fourth-order valence-corrected chi connectivity index (χ4v) is 4.64. The van der Waals surface area contributed by atoms with Gasteiger partial charge in [0.15, 0.2) is 0 Å². The van der Waals surface area contributed by atoms with Crippen molar-refractivity contribution in [3.05, 3.63) is 35.9 Å². The monoisotopic (exact) mass is 311 g/mol. The van der Waals surface area contributed by atoms with Crippen molar-refractivity contribution < 1.29 is 4.74 Å². The molecule has 6 heteroatoms. The van der Waals surface area contributed by atoms with Gasteiger partial charge < -0.3 is 9.64 Å². The largest absolute Gasteiger partial charge is 0.374 e. The average molecular weight is 311 g/mol. The Morgan fingerprint density at radius 1 is 1.09 bits per heavy atom. The maximum Gasteiger partial charge on any atom is 0.246 e. The van der Waals surface area contributed by atoms with Crippen molar-refractivity contribution in [2.45, 2.75) is 38.0 Å². The normalized spacial score (nSPS) is 33.2. The molecule has 0 unspecified atom stereocenters. The summed E-state index contributed by atoms with van der Waals surface area (Å²) < 4.78 is 8.02. The predicted molar refractivity (Wildman–Crippen MR) is 85.2 cm³/mol. The second kappa shape index (κ2) is 5.03. The topological polar surface area (TPSA) is 56.1 Å². The van der Waals surface area contributed by atoms with Gasteiger partial charge in [-0.1, -0.05) is 35.4 Å². The first kappa shape index (κ1) is 13.5. The quantitative estimate of drug-likeness (QED) is 0.866. The number of hydrogen-bond donors (Lipinski definition) is 0. The molecule has 2 aromatic rings. The van der Waals surface area contributed by atoms with E-state index in [0.717, 1.165) is 19.0 Å². The zero-order valence-corrected chi connectivity index (χ0v) is 13.2. The van der Waals surface area contributed by atoms with Crippen LogP contribution in [0.4, 0.5) is 5.95 Å². The van der Waals surface area contributed by atoms with Gasteiger partial charge in [-0.05, 0) is 35.8 Å². The van der Waals surface area contributed by atoms with Crippen LogP contribution in [0.1, 0.15) is 31.4 Å². The molecule has 5 rings (SSSR count). The molecule has 0 radical (unpaired) electrons. The highest BCUT2D eigenvalue weighted by molar-refractivity contribution is 5.35. The van der Waals surface area contributed by atoms with Crippen LogP contribution in [0.5, 0.6) is 0 Å². The molecule has 4 heterocycles. The molecule has 2 bridgehead atoms. The van der Waals surface area contributed by atoms with E-state index in [-0.39, 0.29) is 6.04 Å². The van der Waals surface area contributed by atoms with Crippen LogP contribution in [0.3, 0.4) is 0 Å². The minimum absolute atomic E-state index is 0.134. The predicted octanol–water partition coefficient (Wildman–Crippen LogP) is 1.90. The third-order valence-electron chi connectivity index (χ3n) is 5.86. The van der Waals surface area contributed by atoms with Crippen molar-refractivity contribution in [3.63, 3.8) is 0 Å². The van der Waals surface area contributed by atoms with E-state index in [9.17, 15) is 0 Å². The summed E-state index contributed by atoms with van der Waals surface area (Å²) in [5, 5.41) is 12.5. The summed E-state index contributed by atoms with van der Waals surface area (Å²) >= 11 is 0. The third-order valence-corrected chi connectivity index (χ3v) is 5.86. The maximum atomic E-state index is 6.07. The molecule has 0 aliphatic carbocycles. The van der Waals surface area contributed by atoms with E-state index in [0.29, 0.717) is 24.0 Å². The number of anilines is 1. The molecule has 1 aromatic heterocycles. The van der Waals surface area contributed by atoms with Gasteiger partial charge in [0.2, 0.25) is 5.95 Å². The Kier molecular flexibility index (Phi) is 2.95. The van der Waals surface area contributed by atoms with Crippen LogP contribution < -0.4 is 4.90 Å². The zero-order chi connectivity index (χ0) is 15.4. The van der Waals surface area contributed by atoms with Crippen molar-refractivity contribution >= 4 is 5.95 Å². The molecule has 0 spiro atoms. The molecule has 5 atom stereocenters. The fourth-order valence-electron chi connectivity index (χ4n) is 4.64. The summed E-state index contributed by atoms with van der Waals surface area (Å²) in [6.07, 6.45) is 3.38. The van der Waals surface area contributed by atoms with Crippen molar-refractivity contribution in [1.29, 1.82) is 0 Å². The van der Waals surface area contributed by atoms with Crippen molar-refractivity contribution in [1.82, 2.24) is 20.2 Å². The number of rotatable bonds is 3. The van der Waals surface area contributed by atoms with E-state index < -0.39 is 0 Å². The van der Waals surface area contributed by atoms with Gasteiger partial charge in [0, 0.05) is 24.9 Å². The lowest BCUT2D eigenvalue weighted by Gasteiger charge is -2.22. The summed E-state index contributed by atoms with van der Waals surface area (Å²) in [5.41, 5.74) is 1.23. The van der Waals surface area contributed by atoms with Crippen LogP contribution in [0.15, 0.2) is 30.3 Å². The molecule has 3 saturated heterocycles. The van der Waals surface area contributed by atoms with E-state index in [4.69, 9.17) is 4.74 Å². The first-order chi connectivity index (χ1) is 11.3. The Bertz CT molecular complexity index is 684. The van der Waals surface area contributed by atoms with E-state index in [2.05, 4.69) is 51.6 Å². The second-order valence-electron chi connectivity index (χ2n) is 7.03. The summed E-state index contributed by atoms with van der Waals surface area (Å²) in [6.45, 7) is 4.19. The van der Waals surface area contributed by atoms with Gasteiger partial charge in [0.25, 0.3) is 0 Å². The van der Waals surface area contributed by atoms with Crippen LogP contribution in [0.2, 0.25) is 0 Å². The lowest BCUT2D eigenvalue weighted by Crippen LogP contribution is -2.28. The fraction of sp³-hybridized carbons (Fsp3) is 0.588. The van der Waals surface area contributed by atoms with Crippen LogP contribution in [-0.2, 0) is 4.74 Å². The van der Waals surface area contributed by atoms with Crippen molar-refractivity contribution in [2.75, 3.05) is 18.0 Å². The number of fused-ring (bicyclic) bond motifs is 5. The third kappa shape index (κ3) is 2.01. The molecule has 1 aromatic carbocycles. The molecule has 23 heavy (non-hydrogen) atoms. The highest BCUT2D eigenvalue weighted by Gasteiger charge is 2.53. The average Bonchev–Trinajstić information content (AvgIpc) is 3.34. The Labute approximate surface area is 135 Å². The molecule has 3 fully saturated rings. The molecule has 3 aliphatic heterocycles. The van der Waals surface area contributed by atoms with Gasteiger partial charge in [-0.15, -0.1) is 0 Å². The highest BCUT2D eigenvalue weighted by atomic mass is 16.5. The maximum absolute atomic E-state index is 6.07. The first-order valence-corrected chi connectivity index (χ1v) is 8.54. The molecule has 0 amide bonds. The van der Waals surface area contributed by atoms with E-state index in [1.807, 2.05) is 10.7 Å². The van der Waals surface area contributed by atoms with Gasteiger partial charge in [-0.25, -0.2) is 4.68 Å². The second-order valence-corrected chi connectivity index (χ2v) is 7.03. The first-order valence-electron chi connectivity index (χ1n) is 8.54. The summed E-state index contributed by atoms with van der Waals surface area (Å²) in [7, 11) is 0. The number of tetrazole rings is 1. The molecule has 3 aliphatic rings. The minimum atomic E-state index is 0.134. The molecule has 0 N–H and O–H groups in total. The lowest BCUT2D eigenvalue weighted by molar-refractivity contribution is 0.0848. The Hall–Kier alpha value is -1.95. The van der Waals surface area contributed by atoms with Gasteiger partial charge in [-0.3, -0.25) is 0 Å². The van der Waals surface area contributed by atoms with Gasteiger partial charge in [0.05, 0.1) is 18.2 Å². The molecular formula is C17H21N5O.